The largest absolute Gasteiger partial charge is 0.459 e. The van der Waals surface area contributed by atoms with Crippen LogP contribution in [0.5, 0.6) is 0 Å². The van der Waals surface area contributed by atoms with Gasteiger partial charge < -0.3 is 29.5 Å². The Labute approximate surface area is 151 Å². The van der Waals surface area contributed by atoms with Crippen molar-refractivity contribution in [3.8, 4) is 0 Å². The number of rotatable bonds is 5. The fourth-order valence-corrected chi connectivity index (χ4v) is 2.39. The molecule has 8 nitrogen and oxygen atoms in total. The number of carbonyl (C=O) groups excluding carboxylic acids is 2. The quantitative estimate of drug-likeness (QED) is 0.457. The summed E-state index contributed by atoms with van der Waals surface area (Å²) in [7, 11) is 0. The molecule has 0 aromatic heterocycles. The van der Waals surface area contributed by atoms with Gasteiger partial charge in [0.05, 0.1) is 5.56 Å². The molecule has 1 saturated heterocycles. The predicted octanol–water partition coefficient (Wildman–Crippen LogP) is 0.143. The minimum atomic E-state index is -1.77. The van der Waals surface area contributed by atoms with E-state index in [9.17, 15) is 24.9 Å². The molecule has 1 aromatic rings. The van der Waals surface area contributed by atoms with Crippen molar-refractivity contribution < 1.29 is 39.1 Å². The Morgan fingerprint density at radius 3 is 2.40 bits per heavy atom. The highest BCUT2D eigenvalue weighted by Gasteiger charge is 2.49. The summed E-state index contributed by atoms with van der Waals surface area (Å²) in [5.74, 6) is -1.82. The molecule has 9 heteroatoms. The molecule has 5 atom stereocenters. The molecule has 1 aromatic carbocycles. The molecule has 1 aliphatic rings. The van der Waals surface area contributed by atoms with Gasteiger partial charge in [-0.15, -0.1) is 0 Å². The number of esters is 2. The second-order valence-corrected chi connectivity index (χ2v) is 6.14. The highest BCUT2D eigenvalue weighted by molar-refractivity contribution is 9.10. The molecule has 3 N–H and O–H groups in total. The van der Waals surface area contributed by atoms with Crippen LogP contribution in [-0.4, -0.2) is 64.6 Å². The Morgan fingerprint density at radius 2 is 1.80 bits per heavy atom. The van der Waals surface area contributed by atoms with Gasteiger partial charge in [0.1, 0.15) is 24.9 Å². The lowest BCUT2D eigenvalue weighted by atomic mass is 9.99. The van der Waals surface area contributed by atoms with Crippen molar-refractivity contribution in [3.63, 3.8) is 0 Å². The van der Waals surface area contributed by atoms with E-state index < -0.39 is 42.6 Å². The van der Waals surface area contributed by atoms with Crippen LogP contribution >= 0.6 is 15.9 Å². The van der Waals surface area contributed by atoms with Crippen LogP contribution in [0.15, 0.2) is 41.4 Å². The van der Waals surface area contributed by atoms with E-state index in [-0.39, 0.29) is 12.2 Å². The number of hydrogen-bond acceptors (Lipinski definition) is 8. The van der Waals surface area contributed by atoms with Crippen LogP contribution in [-0.2, 0) is 19.0 Å². The van der Waals surface area contributed by atoms with Gasteiger partial charge in [0.15, 0.2) is 6.10 Å². The average Bonchev–Trinajstić information content (AvgIpc) is 2.60. The van der Waals surface area contributed by atoms with Crippen molar-refractivity contribution in [1.29, 1.82) is 0 Å². The summed E-state index contributed by atoms with van der Waals surface area (Å²) in [6.45, 7) is 3.24. The predicted molar refractivity (Wildman–Crippen MR) is 87.4 cm³/mol. The first-order valence-electron chi connectivity index (χ1n) is 7.29. The molecule has 1 fully saturated rings. The Balaban J connectivity index is 2.10. The number of halogens is 1. The summed E-state index contributed by atoms with van der Waals surface area (Å²) in [5, 5.41) is 29.7. The van der Waals surface area contributed by atoms with Crippen molar-refractivity contribution in [3.05, 3.63) is 47.0 Å². The minimum absolute atomic E-state index is 0.132. The normalized spacial score (nSPS) is 28.9. The van der Waals surface area contributed by atoms with E-state index in [1.54, 1.807) is 12.1 Å². The van der Waals surface area contributed by atoms with Crippen molar-refractivity contribution >= 4 is 27.9 Å². The van der Waals surface area contributed by atoms with Gasteiger partial charge in [0, 0.05) is 4.47 Å². The lowest BCUT2D eigenvalue weighted by Crippen LogP contribution is -2.60. The highest BCUT2D eigenvalue weighted by atomic mass is 79.9. The van der Waals surface area contributed by atoms with E-state index in [4.69, 9.17) is 14.2 Å². The third-order valence-corrected chi connectivity index (χ3v) is 3.98. The zero-order chi connectivity index (χ0) is 18.6. The number of ether oxygens (including phenoxy) is 3. The number of aliphatic hydroxyl groups excluding tert-OH is 3. The SMILES string of the molecule is C=CCOC(=O)[C@H]1O[C@@H](OC(=O)c2ccc(Br)cc2)[C@H](O)[C@@H](O)[C@@H]1O. The maximum Gasteiger partial charge on any atom is 0.340 e. The first kappa shape index (κ1) is 19.5. The molecule has 0 saturated carbocycles. The van der Waals surface area contributed by atoms with Crippen LogP contribution in [0, 0.1) is 0 Å². The van der Waals surface area contributed by atoms with Crippen LogP contribution in [0.3, 0.4) is 0 Å². The first-order valence-corrected chi connectivity index (χ1v) is 8.08. The van der Waals surface area contributed by atoms with Gasteiger partial charge in [-0.2, -0.15) is 0 Å². The number of benzene rings is 1. The molecule has 136 valence electrons. The maximum atomic E-state index is 12.1. The summed E-state index contributed by atoms with van der Waals surface area (Å²) < 4.78 is 15.6. The number of aliphatic hydroxyl groups is 3. The van der Waals surface area contributed by atoms with Crippen molar-refractivity contribution in [2.24, 2.45) is 0 Å². The van der Waals surface area contributed by atoms with Gasteiger partial charge >= 0.3 is 11.9 Å². The third kappa shape index (κ3) is 4.65. The smallest absolute Gasteiger partial charge is 0.340 e. The standard InChI is InChI=1S/C16H17BrO8/c1-2-7-23-15(22)13-11(19)10(18)12(20)16(24-13)25-14(21)8-3-5-9(17)6-4-8/h2-6,10-13,16,18-20H,1,7H2/t10-,11-,12+,13-,16-/m0/s1. The third-order valence-electron chi connectivity index (χ3n) is 3.45. The van der Waals surface area contributed by atoms with Crippen molar-refractivity contribution in [2.45, 2.75) is 30.7 Å². The first-order chi connectivity index (χ1) is 11.8. The number of carbonyl (C=O) groups is 2. The summed E-state index contributed by atoms with van der Waals surface area (Å²) in [5.41, 5.74) is 0.172. The van der Waals surface area contributed by atoms with Crippen molar-refractivity contribution in [1.82, 2.24) is 0 Å². The zero-order valence-corrected chi connectivity index (χ0v) is 14.5. The Hall–Kier alpha value is -1.78. The topological polar surface area (TPSA) is 123 Å². The van der Waals surface area contributed by atoms with Gasteiger partial charge in [-0.25, -0.2) is 9.59 Å². The van der Waals surface area contributed by atoms with Gasteiger partial charge in [-0.1, -0.05) is 28.6 Å². The molecular formula is C16H17BrO8. The molecule has 0 aliphatic carbocycles. The summed E-state index contributed by atoms with van der Waals surface area (Å²) in [4.78, 5) is 24.0. The summed E-state index contributed by atoms with van der Waals surface area (Å²) >= 11 is 3.23. The molecule has 0 amide bonds. The van der Waals surface area contributed by atoms with Crippen LogP contribution < -0.4 is 0 Å². The van der Waals surface area contributed by atoms with E-state index in [0.29, 0.717) is 0 Å². The summed E-state index contributed by atoms with van der Waals surface area (Å²) in [6, 6.07) is 6.18. The fourth-order valence-electron chi connectivity index (χ4n) is 2.12. The van der Waals surface area contributed by atoms with Gasteiger partial charge in [0.2, 0.25) is 6.29 Å². The molecule has 25 heavy (non-hydrogen) atoms. The molecule has 1 heterocycles. The van der Waals surface area contributed by atoms with Crippen molar-refractivity contribution in [2.75, 3.05) is 6.61 Å². The van der Waals surface area contributed by atoms with Crippen LogP contribution in [0.1, 0.15) is 10.4 Å². The van der Waals surface area contributed by atoms with Crippen LogP contribution in [0.4, 0.5) is 0 Å². The second kappa shape index (κ2) is 8.54. The second-order valence-electron chi connectivity index (χ2n) is 5.23. The lowest BCUT2D eigenvalue weighted by molar-refractivity contribution is -0.279. The molecule has 0 bridgehead atoms. The average molecular weight is 417 g/mol. The van der Waals surface area contributed by atoms with Crippen LogP contribution in [0.2, 0.25) is 0 Å². The van der Waals surface area contributed by atoms with Gasteiger partial charge in [-0.3, -0.25) is 0 Å². The maximum absolute atomic E-state index is 12.1. The van der Waals surface area contributed by atoms with E-state index in [1.165, 1.54) is 18.2 Å². The molecule has 0 unspecified atom stereocenters. The van der Waals surface area contributed by atoms with Gasteiger partial charge in [-0.05, 0) is 24.3 Å². The van der Waals surface area contributed by atoms with E-state index in [1.807, 2.05) is 0 Å². The van der Waals surface area contributed by atoms with Gasteiger partial charge in [0.25, 0.3) is 0 Å². The highest BCUT2D eigenvalue weighted by Crippen LogP contribution is 2.24. The molecule has 0 radical (unpaired) electrons. The van der Waals surface area contributed by atoms with E-state index in [0.717, 1.165) is 4.47 Å². The molecule has 0 spiro atoms. The zero-order valence-electron chi connectivity index (χ0n) is 12.9. The lowest BCUT2D eigenvalue weighted by Gasteiger charge is -2.38. The Kier molecular flexibility index (Phi) is 6.68. The minimum Gasteiger partial charge on any atom is -0.459 e. The van der Waals surface area contributed by atoms with E-state index in [2.05, 4.69) is 22.5 Å². The molecule has 2 rings (SSSR count). The van der Waals surface area contributed by atoms with Crippen LogP contribution in [0.25, 0.3) is 0 Å². The monoisotopic (exact) mass is 416 g/mol. The Bertz CT molecular complexity index is 632. The molecular weight excluding hydrogens is 400 g/mol. The fraction of sp³-hybridized carbons (Fsp3) is 0.375. The number of hydrogen-bond donors (Lipinski definition) is 3. The Morgan fingerprint density at radius 1 is 1.16 bits per heavy atom. The molecule has 1 aliphatic heterocycles. The summed E-state index contributed by atoms with van der Waals surface area (Å²) in [6.07, 6.45) is -7.22. The van der Waals surface area contributed by atoms with E-state index >= 15 is 0 Å².